The maximum atomic E-state index is 11.7. The Morgan fingerprint density at radius 3 is 2.63 bits per heavy atom. The molecule has 0 aliphatic rings. The van der Waals surface area contributed by atoms with Crippen molar-refractivity contribution in [2.24, 2.45) is 0 Å². The van der Waals surface area contributed by atoms with Crippen LogP contribution in [0.4, 0.5) is 0 Å². The molecule has 6 nitrogen and oxygen atoms in total. The number of benzene rings is 2. The number of nitrogens with zero attached hydrogens (tertiary/aromatic N) is 3. The second-order valence-corrected chi connectivity index (χ2v) is 6.82. The zero-order chi connectivity index (χ0) is 19.2. The maximum absolute atomic E-state index is 11.7. The van der Waals surface area contributed by atoms with Crippen molar-refractivity contribution < 1.29 is 14.3 Å². The number of methoxy groups -OCH3 is 1. The molecule has 140 valence electrons. The van der Waals surface area contributed by atoms with E-state index < -0.39 is 0 Å². The average molecular weight is 404 g/mol. The van der Waals surface area contributed by atoms with Crippen molar-refractivity contribution in [3.05, 3.63) is 53.6 Å². The lowest BCUT2D eigenvalue weighted by Crippen LogP contribution is -2.08. The van der Waals surface area contributed by atoms with Crippen LogP contribution in [0.3, 0.4) is 0 Å². The van der Waals surface area contributed by atoms with E-state index in [4.69, 9.17) is 21.1 Å². The first-order valence-corrected chi connectivity index (χ1v) is 9.63. The summed E-state index contributed by atoms with van der Waals surface area (Å²) in [6.07, 6.45) is 0. The molecule has 0 atom stereocenters. The monoisotopic (exact) mass is 403 g/mol. The van der Waals surface area contributed by atoms with E-state index in [2.05, 4.69) is 10.2 Å². The number of thioether (sulfide) groups is 1. The summed E-state index contributed by atoms with van der Waals surface area (Å²) in [6, 6.07) is 14.9. The number of carbonyl (C=O) groups excluding carboxylic acids is 1. The normalized spacial score (nSPS) is 10.6. The lowest BCUT2D eigenvalue weighted by Gasteiger charge is -2.11. The first-order valence-electron chi connectivity index (χ1n) is 8.26. The van der Waals surface area contributed by atoms with Gasteiger partial charge in [-0.05, 0) is 43.3 Å². The lowest BCUT2D eigenvalue weighted by atomic mass is 10.2. The molecule has 0 saturated heterocycles. The van der Waals surface area contributed by atoms with Crippen molar-refractivity contribution in [3.63, 3.8) is 0 Å². The largest absolute Gasteiger partial charge is 0.497 e. The Morgan fingerprint density at radius 1 is 1.19 bits per heavy atom. The van der Waals surface area contributed by atoms with Crippen LogP contribution in [0.5, 0.6) is 5.75 Å². The standard InChI is InChI=1S/C19H18ClN3O3S/c1-3-26-17(24)12-27-19-22-21-18(13-5-4-6-14(20)11-13)23(19)15-7-9-16(25-2)10-8-15/h4-11H,3,12H2,1-2H3. The molecule has 1 heterocycles. The van der Waals surface area contributed by atoms with E-state index in [9.17, 15) is 4.79 Å². The lowest BCUT2D eigenvalue weighted by molar-refractivity contribution is -0.139. The Bertz CT molecular complexity index is 928. The number of rotatable bonds is 7. The molecule has 0 spiro atoms. The highest BCUT2D eigenvalue weighted by atomic mass is 35.5. The van der Waals surface area contributed by atoms with Gasteiger partial charge in [0, 0.05) is 16.3 Å². The fourth-order valence-corrected chi connectivity index (χ4v) is 3.41. The van der Waals surface area contributed by atoms with Crippen LogP contribution < -0.4 is 4.74 Å². The minimum Gasteiger partial charge on any atom is -0.497 e. The van der Waals surface area contributed by atoms with Crippen LogP contribution in [0.25, 0.3) is 17.1 Å². The minimum atomic E-state index is -0.295. The van der Waals surface area contributed by atoms with Gasteiger partial charge in [-0.2, -0.15) is 0 Å². The SMILES string of the molecule is CCOC(=O)CSc1nnc(-c2cccc(Cl)c2)n1-c1ccc(OC)cc1. The van der Waals surface area contributed by atoms with Crippen LogP contribution >= 0.6 is 23.4 Å². The molecule has 0 fully saturated rings. The molecule has 0 amide bonds. The highest BCUT2D eigenvalue weighted by molar-refractivity contribution is 7.99. The van der Waals surface area contributed by atoms with Crippen molar-refractivity contribution in [2.75, 3.05) is 19.5 Å². The van der Waals surface area contributed by atoms with E-state index in [0.29, 0.717) is 22.6 Å². The third kappa shape index (κ3) is 4.61. The molecular formula is C19H18ClN3O3S. The van der Waals surface area contributed by atoms with Gasteiger partial charge in [0.05, 0.1) is 19.5 Å². The first-order chi connectivity index (χ1) is 13.1. The fourth-order valence-electron chi connectivity index (χ4n) is 2.47. The molecule has 27 heavy (non-hydrogen) atoms. The highest BCUT2D eigenvalue weighted by Crippen LogP contribution is 2.30. The molecule has 0 radical (unpaired) electrons. The summed E-state index contributed by atoms with van der Waals surface area (Å²) in [5.74, 6) is 1.24. The van der Waals surface area contributed by atoms with Crippen molar-refractivity contribution in [2.45, 2.75) is 12.1 Å². The van der Waals surface area contributed by atoms with Crippen molar-refractivity contribution in [3.8, 4) is 22.8 Å². The summed E-state index contributed by atoms with van der Waals surface area (Å²) in [4.78, 5) is 11.7. The molecule has 1 aromatic heterocycles. The molecule has 2 aromatic carbocycles. The number of aromatic nitrogens is 3. The minimum absolute atomic E-state index is 0.150. The molecule has 3 aromatic rings. The van der Waals surface area contributed by atoms with Crippen molar-refractivity contribution >= 4 is 29.3 Å². The van der Waals surface area contributed by atoms with Gasteiger partial charge in [0.15, 0.2) is 11.0 Å². The molecule has 0 unspecified atom stereocenters. The summed E-state index contributed by atoms with van der Waals surface area (Å²) in [5.41, 5.74) is 1.68. The first kappa shape index (κ1) is 19.3. The Morgan fingerprint density at radius 2 is 1.96 bits per heavy atom. The quantitative estimate of drug-likeness (QED) is 0.434. The predicted molar refractivity (Wildman–Crippen MR) is 106 cm³/mol. The van der Waals surface area contributed by atoms with E-state index in [-0.39, 0.29) is 11.7 Å². The fraction of sp³-hybridized carbons (Fsp3) is 0.211. The smallest absolute Gasteiger partial charge is 0.316 e. The summed E-state index contributed by atoms with van der Waals surface area (Å²) in [6.45, 7) is 2.12. The van der Waals surface area contributed by atoms with Crippen LogP contribution in [0.2, 0.25) is 5.02 Å². The molecular weight excluding hydrogens is 386 g/mol. The Balaban J connectivity index is 2.01. The van der Waals surface area contributed by atoms with Gasteiger partial charge in [0.1, 0.15) is 5.75 Å². The predicted octanol–water partition coefficient (Wildman–Crippen LogP) is 4.25. The van der Waals surface area contributed by atoms with Gasteiger partial charge in [0.2, 0.25) is 0 Å². The van der Waals surface area contributed by atoms with Crippen LogP contribution in [0.1, 0.15) is 6.92 Å². The zero-order valence-electron chi connectivity index (χ0n) is 14.9. The van der Waals surface area contributed by atoms with E-state index in [1.807, 2.05) is 47.0 Å². The third-order valence-electron chi connectivity index (χ3n) is 3.67. The average Bonchev–Trinajstić information content (AvgIpc) is 3.10. The highest BCUT2D eigenvalue weighted by Gasteiger charge is 2.18. The molecule has 0 aliphatic carbocycles. The Hall–Kier alpha value is -2.51. The summed E-state index contributed by atoms with van der Waals surface area (Å²) >= 11 is 7.41. The number of ether oxygens (including phenoxy) is 2. The molecule has 0 bridgehead atoms. The van der Waals surface area contributed by atoms with Crippen LogP contribution in [-0.4, -0.2) is 40.2 Å². The van der Waals surface area contributed by atoms with Gasteiger partial charge < -0.3 is 9.47 Å². The second kappa shape index (κ2) is 8.92. The topological polar surface area (TPSA) is 66.2 Å². The number of hydrogen-bond donors (Lipinski definition) is 0. The van der Waals surface area contributed by atoms with Gasteiger partial charge in [-0.25, -0.2) is 0 Å². The molecule has 0 saturated carbocycles. The van der Waals surface area contributed by atoms with Crippen LogP contribution in [-0.2, 0) is 9.53 Å². The second-order valence-electron chi connectivity index (χ2n) is 5.44. The van der Waals surface area contributed by atoms with Crippen molar-refractivity contribution in [1.82, 2.24) is 14.8 Å². The summed E-state index contributed by atoms with van der Waals surface area (Å²) in [7, 11) is 1.62. The molecule has 3 rings (SSSR count). The molecule has 8 heteroatoms. The third-order valence-corrected chi connectivity index (χ3v) is 4.81. The maximum Gasteiger partial charge on any atom is 0.316 e. The van der Waals surface area contributed by atoms with Gasteiger partial charge in [0.25, 0.3) is 0 Å². The van der Waals surface area contributed by atoms with Gasteiger partial charge >= 0.3 is 5.97 Å². The number of carbonyl (C=O) groups is 1. The van der Waals surface area contributed by atoms with Crippen LogP contribution in [0, 0.1) is 0 Å². The van der Waals surface area contributed by atoms with Gasteiger partial charge in [-0.3, -0.25) is 9.36 Å². The molecule has 0 aliphatic heterocycles. The zero-order valence-corrected chi connectivity index (χ0v) is 16.5. The van der Waals surface area contributed by atoms with Crippen molar-refractivity contribution in [1.29, 1.82) is 0 Å². The Kier molecular flexibility index (Phi) is 6.36. The van der Waals surface area contributed by atoms with E-state index in [1.54, 1.807) is 20.1 Å². The Labute approximate surface area is 166 Å². The summed E-state index contributed by atoms with van der Waals surface area (Å²) in [5, 5.41) is 9.78. The van der Waals surface area contributed by atoms with E-state index in [0.717, 1.165) is 17.0 Å². The van der Waals surface area contributed by atoms with Gasteiger partial charge in [-0.15, -0.1) is 10.2 Å². The number of hydrogen-bond acceptors (Lipinski definition) is 6. The van der Waals surface area contributed by atoms with E-state index >= 15 is 0 Å². The van der Waals surface area contributed by atoms with E-state index in [1.165, 1.54) is 11.8 Å². The molecule has 0 N–H and O–H groups in total. The number of halogens is 1. The number of esters is 1. The van der Waals surface area contributed by atoms with Crippen LogP contribution in [0.15, 0.2) is 53.7 Å². The summed E-state index contributed by atoms with van der Waals surface area (Å²) < 4.78 is 12.1. The van der Waals surface area contributed by atoms with Gasteiger partial charge in [-0.1, -0.05) is 35.5 Å².